The van der Waals surface area contributed by atoms with Crippen molar-refractivity contribution in [1.29, 1.82) is 0 Å². The Bertz CT molecular complexity index is 543. The predicted molar refractivity (Wildman–Crippen MR) is 90.8 cm³/mol. The zero-order chi connectivity index (χ0) is 16.2. The summed E-state index contributed by atoms with van der Waals surface area (Å²) in [5.41, 5.74) is 0. The van der Waals surface area contributed by atoms with Gasteiger partial charge in [-0.3, -0.25) is 5.32 Å². The summed E-state index contributed by atoms with van der Waals surface area (Å²) in [4.78, 5) is 27.4. The molecule has 126 valence electrons. The lowest BCUT2D eigenvalue weighted by molar-refractivity contribution is 0.186. The second-order valence-electron chi connectivity index (χ2n) is 6.56. The van der Waals surface area contributed by atoms with E-state index in [2.05, 4.69) is 20.2 Å². The third kappa shape index (κ3) is 3.90. The molecule has 0 radical (unpaired) electrons. The fourth-order valence-electron chi connectivity index (χ4n) is 3.38. The molecule has 0 aromatic carbocycles. The molecule has 0 bridgehead atoms. The quantitative estimate of drug-likeness (QED) is 0.914. The topological polar surface area (TPSA) is 64.6 Å². The average molecular weight is 318 g/mol. The van der Waals surface area contributed by atoms with Gasteiger partial charge in [-0.1, -0.05) is 0 Å². The molecule has 2 fully saturated rings. The van der Waals surface area contributed by atoms with E-state index in [4.69, 9.17) is 0 Å². The maximum Gasteiger partial charge on any atom is 0.324 e. The molecule has 3 rings (SSSR count). The van der Waals surface area contributed by atoms with Crippen molar-refractivity contribution in [3.63, 3.8) is 0 Å². The van der Waals surface area contributed by atoms with E-state index in [1.54, 1.807) is 6.20 Å². The lowest BCUT2D eigenvalue weighted by atomic mass is 10.2. The maximum atomic E-state index is 12.6. The van der Waals surface area contributed by atoms with Gasteiger partial charge in [0.25, 0.3) is 0 Å². The van der Waals surface area contributed by atoms with Crippen LogP contribution in [0.3, 0.4) is 0 Å². The van der Waals surface area contributed by atoms with Crippen molar-refractivity contribution in [3.05, 3.63) is 12.3 Å². The van der Waals surface area contributed by atoms with Gasteiger partial charge >= 0.3 is 6.03 Å². The van der Waals surface area contributed by atoms with Crippen LogP contribution in [-0.2, 0) is 0 Å². The van der Waals surface area contributed by atoms with Gasteiger partial charge in [0.2, 0.25) is 5.95 Å². The number of amides is 2. The van der Waals surface area contributed by atoms with Crippen LogP contribution in [0.15, 0.2) is 12.3 Å². The molecule has 7 heteroatoms. The molecule has 2 aliphatic heterocycles. The number of carbonyl (C=O) groups excluding carboxylic acids is 1. The van der Waals surface area contributed by atoms with Gasteiger partial charge in [0.1, 0.15) is 5.82 Å². The number of hydrogen-bond acceptors (Lipinski definition) is 5. The molecule has 0 aliphatic carbocycles. The lowest BCUT2D eigenvalue weighted by Crippen LogP contribution is -2.44. The molecule has 0 spiro atoms. The monoisotopic (exact) mass is 318 g/mol. The smallest absolute Gasteiger partial charge is 0.324 e. The van der Waals surface area contributed by atoms with E-state index in [0.29, 0.717) is 12.0 Å². The van der Waals surface area contributed by atoms with Crippen molar-refractivity contribution in [2.75, 3.05) is 50.5 Å². The molecule has 1 aromatic heterocycles. The zero-order valence-corrected chi connectivity index (χ0v) is 14.0. The highest BCUT2D eigenvalue weighted by Gasteiger charge is 2.31. The second-order valence-corrected chi connectivity index (χ2v) is 6.56. The van der Waals surface area contributed by atoms with Gasteiger partial charge < -0.3 is 14.7 Å². The van der Waals surface area contributed by atoms with E-state index < -0.39 is 0 Å². The molecule has 2 saturated heterocycles. The van der Waals surface area contributed by atoms with Crippen LogP contribution >= 0.6 is 0 Å². The number of carbonyl (C=O) groups is 1. The number of aromatic nitrogens is 2. The first kappa shape index (κ1) is 16.0. The number of nitrogens with one attached hydrogen (secondary N) is 1. The summed E-state index contributed by atoms with van der Waals surface area (Å²) >= 11 is 0. The summed E-state index contributed by atoms with van der Waals surface area (Å²) in [5.74, 6) is 1.15. The Morgan fingerprint density at radius 2 is 2.09 bits per heavy atom. The SMILES string of the molecule is CN(C)c1ccnc(NC(=O)N2CCCC2CN2CCCC2)n1. The highest BCUT2D eigenvalue weighted by molar-refractivity contribution is 5.88. The number of urea groups is 1. The highest BCUT2D eigenvalue weighted by Crippen LogP contribution is 2.21. The van der Waals surface area contributed by atoms with Crippen LogP contribution < -0.4 is 10.2 Å². The van der Waals surface area contributed by atoms with Gasteiger partial charge in [0.05, 0.1) is 0 Å². The molecule has 3 heterocycles. The molecule has 23 heavy (non-hydrogen) atoms. The van der Waals surface area contributed by atoms with E-state index in [9.17, 15) is 4.79 Å². The first-order chi connectivity index (χ1) is 11.1. The van der Waals surface area contributed by atoms with Crippen molar-refractivity contribution in [1.82, 2.24) is 19.8 Å². The maximum absolute atomic E-state index is 12.6. The largest absolute Gasteiger partial charge is 0.363 e. The average Bonchev–Trinajstić information content (AvgIpc) is 3.19. The molecule has 1 aromatic rings. The van der Waals surface area contributed by atoms with E-state index >= 15 is 0 Å². The summed E-state index contributed by atoms with van der Waals surface area (Å²) in [7, 11) is 3.83. The fraction of sp³-hybridized carbons (Fsp3) is 0.688. The predicted octanol–water partition coefficient (Wildman–Crippen LogP) is 1.63. The molecule has 7 nitrogen and oxygen atoms in total. The summed E-state index contributed by atoms with van der Waals surface area (Å²) in [6.07, 6.45) is 6.39. The highest BCUT2D eigenvalue weighted by atomic mass is 16.2. The van der Waals surface area contributed by atoms with Crippen LogP contribution in [0, 0.1) is 0 Å². The van der Waals surface area contributed by atoms with E-state index in [1.165, 1.54) is 25.9 Å². The van der Waals surface area contributed by atoms with Gasteiger partial charge in [-0.2, -0.15) is 4.98 Å². The fourth-order valence-corrected chi connectivity index (χ4v) is 3.38. The summed E-state index contributed by atoms with van der Waals surface area (Å²) in [6, 6.07) is 2.05. The van der Waals surface area contributed by atoms with Crippen molar-refractivity contribution in [3.8, 4) is 0 Å². The summed E-state index contributed by atoms with van der Waals surface area (Å²) < 4.78 is 0. The molecule has 2 aliphatic rings. The number of hydrogen-bond donors (Lipinski definition) is 1. The van der Waals surface area contributed by atoms with Crippen LogP contribution in [-0.4, -0.2) is 72.1 Å². The van der Waals surface area contributed by atoms with E-state index in [1.807, 2.05) is 30.0 Å². The molecule has 1 unspecified atom stereocenters. The number of nitrogens with zero attached hydrogens (tertiary/aromatic N) is 5. The Kier molecular flexibility index (Phi) is 4.95. The Hall–Kier alpha value is -1.89. The minimum Gasteiger partial charge on any atom is -0.363 e. The number of likely N-dealkylation sites (tertiary alicyclic amines) is 2. The van der Waals surface area contributed by atoms with Crippen LogP contribution in [0.1, 0.15) is 25.7 Å². The molecular formula is C16H26N6O. The zero-order valence-electron chi connectivity index (χ0n) is 14.0. The van der Waals surface area contributed by atoms with Crippen molar-refractivity contribution in [2.24, 2.45) is 0 Å². The Morgan fingerprint density at radius 1 is 1.30 bits per heavy atom. The van der Waals surface area contributed by atoms with E-state index in [0.717, 1.165) is 31.7 Å². The molecule has 2 amide bonds. The standard InChI is InChI=1S/C16H26N6O/c1-20(2)14-7-8-17-15(18-14)19-16(23)22-11-5-6-13(22)12-21-9-3-4-10-21/h7-8,13H,3-6,9-12H2,1-2H3,(H,17,18,19,23). The minimum atomic E-state index is -0.0809. The van der Waals surface area contributed by atoms with Crippen LogP contribution in [0.25, 0.3) is 0 Å². The molecular weight excluding hydrogens is 292 g/mol. The van der Waals surface area contributed by atoms with Crippen molar-refractivity contribution >= 4 is 17.8 Å². The lowest BCUT2D eigenvalue weighted by Gasteiger charge is -2.28. The van der Waals surface area contributed by atoms with E-state index in [-0.39, 0.29) is 6.03 Å². The molecule has 1 atom stereocenters. The van der Waals surface area contributed by atoms with Crippen LogP contribution in [0.2, 0.25) is 0 Å². The second kappa shape index (κ2) is 7.12. The minimum absolute atomic E-state index is 0.0809. The number of anilines is 2. The van der Waals surface area contributed by atoms with Gasteiger partial charge in [-0.15, -0.1) is 0 Å². The molecule has 0 saturated carbocycles. The Labute approximate surface area is 137 Å². The van der Waals surface area contributed by atoms with Crippen molar-refractivity contribution in [2.45, 2.75) is 31.7 Å². The Morgan fingerprint density at radius 3 is 2.83 bits per heavy atom. The first-order valence-electron chi connectivity index (χ1n) is 8.44. The van der Waals surface area contributed by atoms with Crippen molar-refractivity contribution < 1.29 is 4.79 Å². The molecule has 1 N–H and O–H groups in total. The van der Waals surface area contributed by atoms with Gasteiger partial charge in [0, 0.05) is 39.4 Å². The van der Waals surface area contributed by atoms with Crippen LogP contribution in [0.4, 0.5) is 16.6 Å². The van der Waals surface area contributed by atoms with Crippen LogP contribution in [0.5, 0.6) is 0 Å². The first-order valence-corrected chi connectivity index (χ1v) is 8.44. The summed E-state index contributed by atoms with van der Waals surface area (Å²) in [5, 5.41) is 2.85. The third-order valence-corrected chi connectivity index (χ3v) is 4.62. The normalized spacial score (nSPS) is 21.7. The number of rotatable bonds is 4. The summed E-state index contributed by atoms with van der Waals surface area (Å²) in [6.45, 7) is 4.14. The Balaban J connectivity index is 1.61. The van der Waals surface area contributed by atoms with Gasteiger partial charge in [-0.05, 0) is 44.8 Å². The van der Waals surface area contributed by atoms with Gasteiger partial charge in [0.15, 0.2) is 0 Å². The van der Waals surface area contributed by atoms with Gasteiger partial charge in [-0.25, -0.2) is 9.78 Å². The third-order valence-electron chi connectivity index (χ3n) is 4.62.